The van der Waals surface area contributed by atoms with Crippen molar-refractivity contribution in [2.24, 2.45) is 11.8 Å². The van der Waals surface area contributed by atoms with Gasteiger partial charge in [-0.3, -0.25) is 9.59 Å². The van der Waals surface area contributed by atoms with E-state index in [0.717, 1.165) is 6.92 Å². The second-order valence-corrected chi connectivity index (χ2v) is 5.37. The Kier molecular flexibility index (Phi) is 5.42. The minimum Gasteiger partial charge on any atom is -0.453 e. The molecule has 0 aliphatic carbocycles. The Labute approximate surface area is 116 Å². The van der Waals surface area contributed by atoms with Crippen LogP contribution in [-0.2, 0) is 14.3 Å². The molecule has 0 unspecified atom stereocenters. The van der Waals surface area contributed by atoms with Crippen molar-refractivity contribution >= 4 is 11.9 Å². The highest BCUT2D eigenvalue weighted by molar-refractivity contribution is 5.79. The second kappa shape index (κ2) is 6.45. The van der Waals surface area contributed by atoms with Gasteiger partial charge in [0.05, 0.1) is 5.92 Å². The Bertz CT molecular complexity index is 360. The van der Waals surface area contributed by atoms with Gasteiger partial charge in [-0.25, -0.2) is 0 Å². The molecule has 0 aromatic heterocycles. The number of likely N-dealkylation sites (tertiary alicyclic amines) is 1. The number of hydrogen-bond acceptors (Lipinski definition) is 3. The maximum atomic E-state index is 12.3. The molecule has 1 fully saturated rings. The van der Waals surface area contributed by atoms with Crippen molar-refractivity contribution in [3.8, 4) is 0 Å². The fourth-order valence-corrected chi connectivity index (χ4v) is 2.04. The topological polar surface area (TPSA) is 46.6 Å². The molecule has 1 aliphatic rings. The average molecular weight is 295 g/mol. The molecule has 20 heavy (non-hydrogen) atoms. The Hall–Kier alpha value is -1.27. The van der Waals surface area contributed by atoms with Gasteiger partial charge in [-0.2, -0.15) is 13.2 Å². The van der Waals surface area contributed by atoms with Crippen LogP contribution in [0.3, 0.4) is 0 Å². The summed E-state index contributed by atoms with van der Waals surface area (Å²) < 4.78 is 41.3. The first-order valence-electron chi connectivity index (χ1n) is 6.69. The summed E-state index contributed by atoms with van der Waals surface area (Å²) in [7, 11) is 0. The van der Waals surface area contributed by atoms with Crippen molar-refractivity contribution in [3.63, 3.8) is 0 Å². The predicted octanol–water partition coefficient (Wildman–Crippen LogP) is 2.38. The predicted molar refractivity (Wildman–Crippen MR) is 65.8 cm³/mol. The van der Waals surface area contributed by atoms with Crippen LogP contribution in [0.1, 0.15) is 33.6 Å². The zero-order chi connectivity index (χ0) is 15.5. The second-order valence-electron chi connectivity index (χ2n) is 5.37. The lowest BCUT2D eigenvalue weighted by Gasteiger charge is -2.32. The minimum atomic E-state index is -4.54. The third-order valence-electron chi connectivity index (χ3n) is 3.39. The highest BCUT2D eigenvalue weighted by Gasteiger charge is 2.40. The molecule has 1 amide bonds. The third-order valence-corrected chi connectivity index (χ3v) is 3.39. The van der Waals surface area contributed by atoms with Crippen molar-refractivity contribution in [3.05, 3.63) is 0 Å². The number of halogens is 3. The fourth-order valence-electron chi connectivity index (χ4n) is 2.04. The van der Waals surface area contributed by atoms with Gasteiger partial charge in [0.15, 0.2) is 6.10 Å². The average Bonchev–Trinajstić information content (AvgIpc) is 2.36. The van der Waals surface area contributed by atoms with E-state index in [0.29, 0.717) is 25.9 Å². The summed E-state index contributed by atoms with van der Waals surface area (Å²) in [6.45, 7) is 5.16. The molecule has 0 spiro atoms. The molecular weight excluding hydrogens is 275 g/mol. The number of ether oxygens (including phenoxy) is 1. The van der Waals surface area contributed by atoms with Crippen LogP contribution in [-0.4, -0.2) is 42.1 Å². The molecule has 0 aromatic carbocycles. The zero-order valence-electron chi connectivity index (χ0n) is 11.9. The van der Waals surface area contributed by atoms with Crippen LogP contribution >= 0.6 is 0 Å². The van der Waals surface area contributed by atoms with Gasteiger partial charge < -0.3 is 9.64 Å². The number of piperidine rings is 1. The first-order valence-corrected chi connectivity index (χ1v) is 6.69. The number of esters is 1. The number of hydrogen-bond donors (Lipinski definition) is 0. The van der Waals surface area contributed by atoms with Gasteiger partial charge in [-0.15, -0.1) is 0 Å². The quantitative estimate of drug-likeness (QED) is 0.751. The lowest BCUT2D eigenvalue weighted by molar-refractivity contribution is -0.219. The molecule has 0 saturated carbocycles. The van der Waals surface area contributed by atoms with E-state index in [1.165, 1.54) is 0 Å². The van der Waals surface area contributed by atoms with E-state index >= 15 is 0 Å². The lowest BCUT2D eigenvalue weighted by atomic mass is 9.96. The van der Waals surface area contributed by atoms with Gasteiger partial charge in [0, 0.05) is 19.0 Å². The molecular formula is C13H20F3NO3. The third kappa shape index (κ3) is 4.38. The Morgan fingerprint density at radius 1 is 1.15 bits per heavy atom. The van der Waals surface area contributed by atoms with E-state index in [-0.39, 0.29) is 11.8 Å². The molecule has 0 radical (unpaired) electrons. The lowest BCUT2D eigenvalue weighted by Crippen LogP contribution is -2.43. The number of carbonyl (C=O) groups excluding carboxylic acids is 2. The van der Waals surface area contributed by atoms with Crippen molar-refractivity contribution in [1.29, 1.82) is 0 Å². The van der Waals surface area contributed by atoms with Crippen LogP contribution in [0.2, 0.25) is 0 Å². The van der Waals surface area contributed by atoms with Crippen molar-refractivity contribution < 1.29 is 27.5 Å². The van der Waals surface area contributed by atoms with Crippen molar-refractivity contribution in [2.75, 3.05) is 13.1 Å². The van der Waals surface area contributed by atoms with E-state index in [9.17, 15) is 22.8 Å². The van der Waals surface area contributed by atoms with Crippen LogP contribution in [0.15, 0.2) is 0 Å². The summed E-state index contributed by atoms with van der Waals surface area (Å²) in [5.41, 5.74) is 0. The summed E-state index contributed by atoms with van der Waals surface area (Å²) in [6.07, 6.45) is -5.93. The van der Waals surface area contributed by atoms with Gasteiger partial charge in [0.25, 0.3) is 0 Å². The van der Waals surface area contributed by atoms with Crippen molar-refractivity contribution in [1.82, 2.24) is 4.90 Å². The van der Waals surface area contributed by atoms with Gasteiger partial charge >= 0.3 is 12.1 Å². The largest absolute Gasteiger partial charge is 0.453 e. The van der Waals surface area contributed by atoms with Gasteiger partial charge in [0.2, 0.25) is 5.91 Å². The SMILES string of the molecule is CC(C)C(=O)N1CCC(C(=O)O[C@H](C)C(F)(F)F)CC1. The van der Waals surface area contributed by atoms with E-state index in [1.807, 2.05) is 0 Å². The van der Waals surface area contributed by atoms with E-state index in [2.05, 4.69) is 4.74 Å². The Balaban J connectivity index is 2.45. The summed E-state index contributed by atoms with van der Waals surface area (Å²) >= 11 is 0. The van der Waals surface area contributed by atoms with Crippen LogP contribution in [0, 0.1) is 11.8 Å². The number of amides is 1. The molecule has 0 N–H and O–H groups in total. The molecule has 7 heteroatoms. The Morgan fingerprint density at radius 2 is 1.65 bits per heavy atom. The molecule has 0 aromatic rings. The molecule has 0 bridgehead atoms. The molecule has 1 heterocycles. The van der Waals surface area contributed by atoms with Crippen LogP contribution in [0.5, 0.6) is 0 Å². The smallest absolute Gasteiger partial charge is 0.425 e. The molecule has 1 rings (SSSR count). The maximum Gasteiger partial charge on any atom is 0.425 e. The highest BCUT2D eigenvalue weighted by atomic mass is 19.4. The van der Waals surface area contributed by atoms with E-state index in [1.54, 1.807) is 18.7 Å². The van der Waals surface area contributed by atoms with Gasteiger partial charge in [-0.05, 0) is 19.8 Å². The molecule has 1 saturated heterocycles. The standard InChI is InChI=1S/C13H20F3NO3/c1-8(2)11(18)17-6-4-10(5-7-17)12(19)20-9(3)13(14,15)16/h8-10H,4-7H2,1-3H3/t9-/m1/s1. The molecule has 1 atom stereocenters. The number of alkyl halides is 3. The van der Waals surface area contributed by atoms with Crippen LogP contribution in [0.25, 0.3) is 0 Å². The minimum absolute atomic E-state index is 0.000442. The van der Waals surface area contributed by atoms with E-state index < -0.39 is 24.2 Å². The Morgan fingerprint density at radius 3 is 2.05 bits per heavy atom. The first-order chi connectivity index (χ1) is 9.12. The van der Waals surface area contributed by atoms with E-state index in [4.69, 9.17) is 0 Å². The first kappa shape index (κ1) is 16.8. The normalized spacial score (nSPS) is 19.1. The summed E-state index contributed by atoms with van der Waals surface area (Å²) in [5.74, 6) is -1.51. The number of nitrogens with zero attached hydrogens (tertiary/aromatic N) is 1. The maximum absolute atomic E-state index is 12.3. The van der Waals surface area contributed by atoms with Gasteiger partial charge in [-0.1, -0.05) is 13.8 Å². The van der Waals surface area contributed by atoms with Crippen molar-refractivity contribution in [2.45, 2.75) is 45.9 Å². The highest BCUT2D eigenvalue weighted by Crippen LogP contribution is 2.26. The fraction of sp³-hybridized carbons (Fsp3) is 0.846. The molecule has 1 aliphatic heterocycles. The molecule has 4 nitrogen and oxygen atoms in total. The monoisotopic (exact) mass is 295 g/mol. The summed E-state index contributed by atoms with van der Waals surface area (Å²) in [6, 6.07) is 0. The summed E-state index contributed by atoms with van der Waals surface area (Å²) in [4.78, 5) is 25.0. The zero-order valence-corrected chi connectivity index (χ0v) is 11.9. The number of rotatable bonds is 3. The number of carbonyl (C=O) groups is 2. The molecule has 116 valence electrons. The van der Waals surface area contributed by atoms with Gasteiger partial charge in [0.1, 0.15) is 0 Å². The van der Waals surface area contributed by atoms with Crippen LogP contribution < -0.4 is 0 Å². The van der Waals surface area contributed by atoms with Crippen LogP contribution in [0.4, 0.5) is 13.2 Å². The summed E-state index contributed by atoms with van der Waals surface area (Å²) in [5, 5.41) is 0.